The van der Waals surface area contributed by atoms with Gasteiger partial charge in [0.05, 0.1) is 3.57 Å². The minimum absolute atomic E-state index is 0.125. The van der Waals surface area contributed by atoms with Gasteiger partial charge in [0, 0.05) is 18.2 Å². The second-order valence-electron chi connectivity index (χ2n) is 3.83. The van der Waals surface area contributed by atoms with Crippen molar-refractivity contribution in [3.63, 3.8) is 0 Å². The molecule has 4 nitrogen and oxygen atoms in total. The Morgan fingerprint density at radius 3 is 3.00 bits per heavy atom. The molecule has 1 unspecified atom stereocenters. The van der Waals surface area contributed by atoms with Crippen LogP contribution in [-0.2, 0) is 0 Å². The molecule has 0 saturated carbocycles. The van der Waals surface area contributed by atoms with E-state index in [0.717, 1.165) is 23.1 Å². The van der Waals surface area contributed by atoms with E-state index in [0.29, 0.717) is 5.56 Å². The zero-order valence-corrected chi connectivity index (χ0v) is 10.8. The maximum atomic E-state index is 11.8. The maximum absolute atomic E-state index is 11.8. The van der Waals surface area contributed by atoms with E-state index in [1.165, 1.54) is 6.07 Å². The summed E-state index contributed by atoms with van der Waals surface area (Å²) in [7, 11) is 0. The molecule has 1 aromatic rings. The first kappa shape index (κ1) is 11.7. The van der Waals surface area contributed by atoms with Gasteiger partial charge in [-0.1, -0.05) is 0 Å². The number of benzene rings is 1. The lowest BCUT2D eigenvalue weighted by atomic mass is 10.2. The second kappa shape index (κ2) is 5.01. The molecule has 1 aliphatic heterocycles. The van der Waals surface area contributed by atoms with Crippen LogP contribution >= 0.6 is 22.6 Å². The lowest BCUT2D eigenvalue weighted by molar-refractivity contribution is 0.0939. The summed E-state index contributed by atoms with van der Waals surface area (Å²) in [6.07, 6.45) is 0.960. The quantitative estimate of drug-likeness (QED) is 0.711. The van der Waals surface area contributed by atoms with Crippen molar-refractivity contribution < 1.29 is 9.90 Å². The summed E-state index contributed by atoms with van der Waals surface area (Å²) in [5.74, 6) is 0.0261. The Morgan fingerprint density at radius 2 is 2.38 bits per heavy atom. The molecule has 3 N–H and O–H groups in total. The minimum Gasteiger partial charge on any atom is -0.507 e. The highest BCUT2D eigenvalue weighted by Gasteiger charge is 2.17. The third-order valence-corrected chi connectivity index (χ3v) is 3.52. The smallest absolute Gasteiger partial charge is 0.251 e. The topological polar surface area (TPSA) is 61.4 Å². The Morgan fingerprint density at radius 1 is 1.56 bits per heavy atom. The molecule has 2 rings (SSSR count). The highest BCUT2D eigenvalue weighted by Crippen LogP contribution is 2.20. The van der Waals surface area contributed by atoms with Gasteiger partial charge in [-0.25, -0.2) is 0 Å². The van der Waals surface area contributed by atoms with Crippen LogP contribution in [0.3, 0.4) is 0 Å². The van der Waals surface area contributed by atoms with Gasteiger partial charge in [-0.05, 0) is 53.8 Å². The van der Waals surface area contributed by atoms with Gasteiger partial charge >= 0.3 is 0 Å². The number of hydrogen-bond donors (Lipinski definition) is 3. The summed E-state index contributed by atoms with van der Waals surface area (Å²) in [5.41, 5.74) is 0.504. The van der Waals surface area contributed by atoms with E-state index in [-0.39, 0.29) is 17.7 Å². The molecule has 0 aromatic heterocycles. The van der Waals surface area contributed by atoms with E-state index in [4.69, 9.17) is 0 Å². The maximum Gasteiger partial charge on any atom is 0.251 e. The van der Waals surface area contributed by atoms with Crippen LogP contribution in [0.1, 0.15) is 16.8 Å². The average Bonchev–Trinajstić information content (AvgIpc) is 2.74. The Balaban J connectivity index is 2.05. The van der Waals surface area contributed by atoms with Crippen molar-refractivity contribution in [1.29, 1.82) is 0 Å². The van der Waals surface area contributed by atoms with Crippen LogP contribution in [0.5, 0.6) is 5.75 Å². The highest BCUT2D eigenvalue weighted by molar-refractivity contribution is 14.1. The third-order valence-electron chi connectivity index (χ3n) is 2.60. The van der Waals surface area contributed by atoms with Gasteiger partial charge in [0.25, 0.3) is 5.91 Å². The summed E-state index contributed by atoms with van der Waals surface area (Å²) in [6.45, 7) is 1.77. The zero-order chi connectivity index (χ0) is 11.5. The summed E-state index contributed by atoms with van der Waals surface area (Å²) in [6, 6.07) is 5.16. The fourth-order valence-electron chi connectivity index (χ4n) is 1.70. The first-order valence-corrected chi connectivity index (χ1v) is 6.25. The molecular formula is C11H13IN2O2. The van der Waals surface area contributed by atoms with Crippen LogP contribution in [0.2, 0.25) is 0 Å². The van der Waals surface area contributed by atoms with E-state index in [1.807, 2.05) is 22.6 Å². The monoisotopic (exact) mass is 332 g/mol. The zero-order valence-electron chi connectivity index (χ0n) is 8.66. The van der Waals surface area contributed by atoms with Crippen LogP contribution in [0.4, 0.5) is 0 Å². The molecular weight excluding hydrogens is 319 g/mol. The molecule has 0 radical (unpaired) electrons. The Bertz CT molecular complexity index is 403. The normalized spacial score (nSPS) is 19.7. The van der Waals surface area contributed by atoms with Crippen LogP contribution in [0.25, 0.3) is 0 Å². The lowest BCUT2D eigenvalue weighted by Gasteiger charge is -2.11. The molecule has 1 fully saturated rings. The van der Waals surface area contributed by atoms with Crippen molar-refractivity contribution in [2.24, 2.45) is 0 Å². The Hall–Kier alpha value is -0.820. The van der Waals surface area contributed by atoms with Crippen LogP contribution in [-0.4, -0.2) is 30.1 Å². The van der Waals surface area contributed by atoms with Crippen molar-refractivity contribution in [2.75, 3.05) is 13.1 Å². The number of rotatable bonds is 2. The van der Waals surface area contributed by atoms with Crippen LogP contribution < -0.4 is 10.6 Å². The van der Waals surface area contributed by atoms with Gasteiger partial charge in [-0.15, -0.1) is 0 Å². The number of aromatic hydroxyl groups is 1. The first-order valence-electron chi connectivity index (χ1n) is 5.17. The molecule has 1 aromatic carbocycles. The van der Waals surface area contributed by atoms with Gasteiger partial charge in [0.1, 0.15) is 5.75 Å². The van der Waals surface area contributed by atoms with Gasteiger partial charge in [-0.2, -0.15) is 0 Å². The SMILES string of the molecule is O=C(NC1CCNC1)c1ccc(I)c(O)c1. The highest BCUT2D eigenvalue weighted by atomic mass is 127. The third kappa shape index (κ3) is 2.65. The van der Waals surface area contributed by atoms with Crippen molar-refractivity contribution in [3.8, 4) is 5.75 Å². The number of phenolic OH excluding ortho intramolecular Hbond substituents is 1. The molecule has 5 heteroatoms. The number of phenols is 1. The van der Waals surface area contributed by atoms with Gasteiger partial charge in [0.15, 0.2) is 0 Å². The van der Waals surface area contributed by atoms with E-state index >= 15 is 0 Å². The van der Waals surface area contributed by atoms with Gasteiger partial charge in [0.2, 0.25) is 0 Å². The summed E-state index contributed by atoms with van der Waals surface area (Å²) < 4.78 is 0.747. The first-order chi connectivity index (χ1) is 7.66. The summed E-state index contributed by atoms with van der Waals surface area (Å²) >= 11 is 2.02. The predicted molar refractivity (Wildman–Crippen MR) is 69.6 cm³/mol. The summed E-state index contributed by atoms with van der Waals surface area (Å²) in [4.78, 5) is 11.8. The molecule has 1 saturated heterocycles. The van der Waals surface area contributed by atoms with Crippen molar-refractivity contribution in [3.05, 3.63) is 27.3 Å². The van der Waals surface area contributed by atoms with Crippen molar-refractivity contribution in [1.82, 2.24) is 10.6 Å². The lowest BCUT2D eigenvalue weighted by Crippen LogP contribution is -2.36. The van der Waals surface area contributed by atoms with E-state index in [2.05, 4.69) is 10.6 Å². The molecule has 1 amide bonds. The second-order valence-corrected chi connectivity index (χ2v) is 4.99. The summed E-state index contributed by atoms with van der Waals surface area (Å²) in [5, 5.41) is 15.6. The standard InChI is InChI=1S/C11H13IN2O2/c12-9-2-1-7(5-10(9)15)11(16)14-8-3-4-13-6-8/h1-2,5,8,13,15H,3-4,6H2,(H,14,16). The van der Waals surface area contributed by atoms with Crippen molar-refractivity contribution >= 4 is 28.5 Å². The Labute approximate surface area is 108 Å². The number of hydrogen-bond acceptors (Lipinski definition) is 3. The van der Waals surface area contributed by atoms with Crippen molar-refractivity contribution in [2.45, 2.75) is 12.5 Å². The molecule has 0 aliphatic carbocycles. The number of amides is 1. The minimum atomic E-state index is -0.125. The van der Waals surface area contributed by atoms with Gasteiger partial charge in [-0.3, -0.25) is 4.79 Å². The van der Waals surface area contributed by atoms with Crippen LogP contribution in [0, 0.1) is 3.57 Å². The molecule has 0 spiro atoms. The molecule has 1 atom stereocenters. The van der Waals surface area contributed by atoms with Crippen LogP contribution in [0.15, 0.2) is 18.2 Å². The fourth-order valence-corrected chi connectivity index (χ4v) is 2.04. The molecule has 86 valence electrons. The van der Waals surface area contributed by atoms with Gasteiger partial charge < -0.3 is 15.7 Å². The molecule has 0 bridgehead atoms. The number of carbonyl (C=O) groups excluding carboxylic acids is 1. The number of carbonyl (C=O) groups is 1. The number of halogens is 1. The molecule has 1 aliphatic rings. The fraction of sp³-hybridized carbons (Fsp3) is 0.364. The molecule has 1 heterocycles. The largest absolute Gasteiger partial charge is 0.507 e. The Kier molecular flexibility index (Phi) is 3.65. The average molecular weight is 332 g/mol. The molecule has 16 heavy (non-hydrogen) atoms. The number of nitrogens with one attached hydrogen (secondary N) is 2. The predicted octanol–water partition coefficient (Wildman–Crippen LogP) is 1.09. The van der Waals surface area contributed by atoms with E-state index in [9.17, 15) is 9.90 Å². The van der Waals surface area contributed by atoms with E-state index in [1.54, 1.807) is 12.1 Å². The van der Waals surface area contributed by atoms with E-state index < -0.39 is 0 Å².